The summed E-state index contributed by atoms with van der Waals surface area (Å²) in [6.45, 7) is 7.43. The monoisotopic (exact) mass is 349 g/mol. The maximum atomic E-state index is 13.2. The number of carbonyl (C=O) groups is 3. The number of rotatable bonds is 4. The minimum absolute atomic E-state index is 0.154. The molecule has 4 nitrogen and oxygen atoms in total. The van der Waals surface area contributed by atoms with Gasteiger partial charge >= 0.3 is 5.97 Å². The molecule has 1 radical (unpaired) electrons. The van der Waals surface area contributed by atoms with Gasteiger partial charge in [0.05, 0.1) is 0 Å². The smallest absolute Gasteiger partial charge is 0.304 e. The highest BCUT2D eigenvalue weighted by Gasteiger charge is 2.57. The number of hydrogen-bond acceptors (Lipinski definition) is 4. The standard InChI is InChI=1S/C22H21O4/c1-5-21(3,4)15-9-8-10-16(13-15)22(26-14(2)23)19(24)17-11-6-7-12-18(17)20(22)25/h6-9,11-13H,5H2,1-4H3. The molecule has 0 aliphatic heterocycles. The Hall–Kier alpha value is -2.75. The molecule has 133 valence electrons. The summed E-state index contributed by atoms with van der Waals surface area (Å²) in [7, 11) is 0. The van der Waals surface area contributed by atoms with Gasteiger partial charge in [0, 0.05) is 23.6 Å². The molecular formula is C22H21O4. The predicted molar refractivity (Wildman–Crippen MR) is 97.1 cm³/mol. The minimum Gasteiger partial charge on any atom is -0.437 e. The number of hydrogen-bond donors (Lipinski definition) is 0. The molecule has 0 N–H and O–H groups in total. The van der Waals surface area contributed by atoms with E-state index in [9.17, 15) is 14.4 Å². The maximum absolute atomic E-state index is 13.2. The van der Waals surface area contributed by atoms with Crippen molar-refractivity contribution in [3.63, 3.8) is 0 Å². The van der Waals surface area contributed by atoms with Gasteiger partial charge in [-0.3, -0.25) is 14.4 Å². The molecule has 26 heavy (non-hydrogen) atoms. The lowest BCUT2D eigenvalue weighted by atomic mass is 9.79. The lowest BCUT2D eigenvalue weighted by Gasteiger charge is -2.29. The zero-order valence-corrected chi connectivity index (χ0v) is 15.4. The second-order valence-corrected chi connectivity index (χ2v) is 7.21. The molecule has 2 aromatic carbocycles. The Kier molecular flexibility index (Phi) is 4.31. The Labute approximate surface area is 153 Å². The molecular weight excluding hydrogens is 328 g/mol. The Morgan fingerprint density at radius 3 is 2.19 bits per heavy atom. The van der Waals surface area contributed by atoms with Gasteiger partial charge in [0.15, 0.2) is 0 Å². The van der Waals surface area contributed by atoms with Crippen molar-refractivity contribution in [3.8, 4) is 0 Å². The van der Waals surface area contributed by atoms with Crippen molar-refractivity contribution in [1.82, 2.24) is 0 Å². The van der Waals surface area contributed by atoms with Gasteiger partial charge in [0.25, 0.3) is 5.60 Å². The summed E-state index contributed by atoms with van der Waals surface area (Å²) in [6.07, 6.45) is 0.874. The third-order valence-electron chi connectivity index (χ3n) is 5.20. The molecule has 0 bridgehead atoms. The van der Waals surface area contributed by atoms with Crippen molar-refractivity contribution < 1.29 is 19.1 Å². The fourth-order valence-electron chi connectivity index (χ4n) is 3.26. The summed E-state index contributed by atoms with van der Waals surface area (Å²) < 4.78 is 5.42. The fraction of sp³-hybridized carbons (Fsp3) is 0.318. The van der Waals surface area contributed by atoms with Crippen molar-refractivity contribution >= 4 is 17.5 Å². The van der Waals surface area contributed by atoms with Crippen LogP contribution >= 0.6 is 0 Å². The zero-order chi connectivity index (χ0) is 19.1. The van der Waals surface area contributed by atoms with E-state index in [4.69, 9.17) is 4.74 Å². The van der Waals surface area contributed by atoms with Gasteiger partial charge in [-0.25, -0.2) is 0 Å². The molecule has 1 aliphatic rings. The summed E-state index contributed by atoms with van der Waals surface area (Å²) in [4.78, 5) is 38.2. The van der Waals surface area contributed by atoms with Crippen LogP contribution in [0.4, 0.5) is 0 Å². The Morgan fingerprint density at radius 1 is 1.12 bits per heavy atom. The van der Waals surface area contributed by atoms with Crippen LogP contribution in [0.3, 0.4) is 0 Å². The molecule has 0 saturated heterocycles. The first-order chi connectivity index (χ1) is 12.2. The van der Waals surface area contributed by atoms with Gasteiger partial charge in [-0.05, 0) is 29.5 Å². The summed E-state index contributed by atoms with van der Waals surface area (Å²) in [5.41, 5.74) is -0.372. The van der Waals surface area contributed by atoms with E-state index in [0.29, 0.717) is 0 Å². The van der Waals surface area contributed by atoms with E-state index in [1.165, 1.54) is 6.92 Å². The maximum Gasteiger partial charge on any atom is 0.304 e. The van der Waals surface area contributed by atoms with E-state index in [2.05, 4.69) is 26.8 Å². The lowest BCUT2D eigenvalue weighted by molar-refractivity contribution is -0.149. The Bertz CT molecular complexity index is 873. The third kappa shape index (κ3) is 2.57. The van der Waals surface area contributed by atoms with Gasteiger partial charge in [0.2, 0.25) is 11.6 Å². The molecule has 4 heteroatoms. The molecule has 0 fully saturated rings. The molecule has 0 saturated carbocycles. The SMILES string of the molecule is CCC(C)(C)c1cc[c]c(C2(OC(C)=O)C(=O)c3ccccc3C2=O)c1. The molecule has 1 aliphatic carbocycles. The highest BCUT2D eigenvalue weighted by atomic mass is 16.6. The number of carbonyl (C=O) groups excluding carboxylic acids is 3. The highest BCUT2D eigenvalue weighted by molar-refractivity contribution is 6.32. The molecule has 0 spiro atoms. The summed E-state index contributed by atoms with van der Waals surface area (Å²) in [6, 6.07) is 14.9. The summed E-state index contributed by atoms with van der Waals surface area (Å²) >= 11 is 0. The fourth-order valence-corrected chi connectivity index (χ4v) is 3.26. The van der Waals surface area contributed by atoms with E-state index < -0.39 is 23.1 Å². The second kappa shape index (κ2) is 6.20. The number of fused-ring (bicyclic) bond motifs is 1. The van der Waals surface area contributed by atoms with Crippen LogP contribution in [0.1, 0.15) is 66.0 Å². The summed E-state index contributed by atoms with van der Waals surface area (Å²) in [5, 5.41) is 0. The lowest BCUT2D eigenvalue weighted by Crippen LogP contribution is -2.43. The van der Waals surface area contributed by atoms with Gasteiger partial charge in [-0.2, -0.15) is 0 Å². The molecule has 2 aromatic rings. The van der Waals surface area contributed by atoms with Crippen LogP contribution in [0.5, 0.6) is 0 Å². The molecule has 3 rings (SSSR count). The van der Waals surface area contributed by atoms with Gasteiger partial charge in [0.1, 0.15) is 0 Å². The van der Waals surface area contributed by atoms with Crippen LogP contribution < -0.4 is 0 Å². The number of ether oxygens (including phenoxy) is 1. The van der Waals surface area contributed by atoms with Crippen LogP contribution in [-0.4, -0.2) is 17.5 Å². The van der Waals surface area contributed by atoms with E-state index in [0.717, 1.165) is 12.0 Å². The third-order valence-corrected chi connectivity index (χ3v) is 5.20. The number of Topliss-reactive ketones (excluding diaryl/α,β-unsaturated/α-hetero) is 2. The number of benzene rings is 2. The van der Waals surface area contributed by atoms with Crippen LogP contribution in [-0.2, 0) is 20.5 Å². The quantitative estimate of drug-likeness (QED) is 0.618. The van der Waals surface area contributed by atoms with Crippen LogP contribution in [0.25, 0.3) is 0 Å². The molecule has 0 aromatic heterocycles. The van der Waals surface area contributed by atoms with Gasteiger partial charge < -0.3 is 4.74 Å². The first-order valence-electron chi connectivity index (χ1n) is 8.65. The minimum atomic E-state index is -1.99. The molecule has 0 heterocycles. The average molecular weight is 349 g/mol. The van der Waals surface area contributed by atoms with E-state index in [1.807, 2.05) is 6.07 Å². The predicted octanol–water partition coefficient (Wildman–Crippen LogP) is 4.01. The van der Waals surface area contributed by atoms with E-state index >= 15 is 0 Å². The van der Waals surface area contributed by atoms with Gasteiger partial charge in [-0.15, -0.1) is 0 Å². The molecule has 0 atom stereocenters. The zero-order valence-electron chi connectivity index (χ0n) is 15.4. The van der Waals surface area contributed by atoms with Crippen molar-refractivity contribution in [3.05, 3.63) is 70.8 Å². The van der Waals surface area contributed by atoms with Crippen molar-refractivity contribution in [2.24, 2.45) is 0 Å². The van der Waals surface area contributed by atoms with E-state index in [1.54, 1.807) is 36.4 Å². The van der Waals surface area contributed by atoms with E-state index in [-0.39, 0.29) is 22.1 Å². The number of ketones is 2. The largest absolute Gasteiger partial charge is 0.437 e. The normalized spacial score (nSPS) is 15.7. The Morgan fingerprint density at radius 2 is 1.69 bits per heavy atom. The van der Waals surface area contributed by atoms with Crippen LogP contribution in [0.2, 0.25) is 0 Å². The van der Waals surface area contributed by atoms with Gasteiger partial charge in [-0.1, -0.05) is 57.2 Å². The second-order valence-electron chi connectivity index (χ2n) is 7.21. The molecule has 0 unspecified atom stereocenters. The number of esters is 1. The summed E-state index contributed by atoms with van der Waals surface area (Å²) in [5.74, 6) is -1.72. The highest BCUT2D eigenvalue weighted by Crippen LogP contribution is 2.42. The topological polar surface area (TPSA) is 60.4 Å². The van der Waals surface area contributed by atoms with Crippen molar-refractivity contribution in [2.45, 2.75) is 45.1 Å². The van der Waals surface area contributed by atoms with Crippen molar-refractivity contribution in [1.29, 1.82) is 0 Å². The van der Waals surface area contributed by atoms with Crippen molar-refractivity contribution in [2.75, 3.05) is 0 Å². The first-order valence-corrected chi connectivity index (χ1v) is 8.65. The van der Waals surface area contributed by atoms with Crippen LogP contribution in [0, 0.1) is 6.07 Å². The Balaban J connectivity index is 2.24. The average Bonchev–Trinajstić information content (AvgIpc) is 2.84. The van der Waals surface area contributed by atoms with Crippen LogP contribution in [0.15, 0.2) is 42.5 Å². The molecule has 0 amide bonds. The first kappa shape index (κ1) is 18.1.